The number of nitriles is 1. The smallest absolute Gasteiger partial charge is 0.238 e. The predicted molar refractivity (Wildman–Crippen MR) is 113 cm³/mol. The van der Waals surface area contributed by atoms with Gasteiger partial charge in [-0.05, 0) is 45.2 Å². The predicted octanol–water partition coefficient (Wildman–Crippen LogP) is 3.62. The lowest BCUT2D eigenvalue weighted by molar-refractivity contribution is -0.117. The van der Waals surface area contributed by atoms with Gasteiger partial charge < -0.3 is 15.4 Å². The second-order valence-electron chi connectivity index (χ2n) is 6.98. The minimum absolute atomic E-state index is 0.0535. The van der Waals surface area contributed by atoms with Gasteiger partial charge in [0.05, 0.1) is 23.6 Å². The molecule has 0 unspecified atom stereocenters. The maximum absolute atomic E-state index is 12.3. The van der Waals surface area contributed by atoms with Crippen molar-refractivity contribution < 1.29 is 9.90 Å². The van der Waals surface area contributed by atoms with E-state index in [0.29, 0.717) is 17.0 Å². The molecule has 2 aromatic carbocycles. The highest BCUT2D eigenvalue weighted by Crippen LogP contribution is 2.21. The number of anilines is 1. The van der Waals surface area contributed by atoms with Crippen LogP contribution < -0.4 is 5.32 Å². The Morgan fingerprint density at radius 2 is 1.97 bits per heavy atom. The first-order chi connectivity index (χ1) is 13.9. The van der Waals surface area contributed by atoms with E-state index < -0.39 is 6.04 Å². The summed E-state index contributed by atoms with van der Waals surface area (Å²) in [4.78, 5) is 21.4. The molecule has 0 bridgehead atoms. The van der Waals surface area contributed by atoms with Crippen LogP contribution in [0.5, 0.6) is 0 Å². The van der Waals surface area contributed by atoms with Gasteiger partial charge in [-0.25, -0.2) is 4.98 Å². The lowest BCUT2D eigenvalue weighted by atomic mass is 10.1. The number of aryl methyl sites for hydroxylation is 1. The van der Waals surface area contributed by atoms with Gasteiger partial charge in [-0.15, -0.1) is 0 Å². The quantitative estimate of drug-likeness (QED) is 0.441. The standard InChI is InChI=1S/C22H23N5O2/c1-14-8-10-16(11-9-14)24-20(28)13-27(3)15(2)21(29)17(12-23)22-25-18-6-4-5-7-19(18)26-22/h4-11,15,29H,13H2,1-3H3,(H,24,28)(H,25,26)/b21-17-/t15-/m1/s1. The first kappa shape index (κ1) is 20.1. The van der Waals surface area contributed by atoms with Crippen molar-refractivity contribution in [2.24, 2.45) is 0 Å². The van der Waals surface area contributed by atoms with Crippen LogP contribution in [0, 0.1) is 18.3 Å². The number of rotatable bonds is 6. The fourth-order valence-corrected chi connectivity index (χ4v) is 2.92. The number of H-pyrrole nitrogens is 1. The Labute approximate surface area is 169 Å². The summed E-state index contributed by atoms with van der Waals surface area (Å²) < 4.78 is 0. The lowest BCUT2D eigenvalue weighted by Crippen LogP contribution is -2.37. The van der Waals surface area contributed by atoms with Crippen LogP contribution in [-0.2, 0) is 4.79 Å². The zero-order valence-electron chi connectivity index (χ0n) is 16.6. The van der Waals surface area contributed by atoms with Crippen LogP contribution in [0.25, 0.3) is 16.6 Å². The number of para-hydroxylation sites is 2. The van der Waals surface area contributed by atoms with Crippen molar-refractivity contribution in [1.29, 1.82) is 5.26 Å². The number of aromatic amines is 1. The summed E-state index contributed by atoms with van der Waals surface area (Å²) in [5, 5.41) is 23.1. The van der Waals surface area contributed by atoms with Gasteiger partial charge in [0, 0.05) is 5.69 Å². The molecule has 3 rings (SSSR count). The molecule has 0 spiro atoms. The summed E-state index contributed by atoms with van der Waals surface area (Å²) in [6, 6.07) is 16.4. The van der Waals surface area contributed by atoms with Crippen LogP contribution >= 0.6 is 0 Å². The Morgan fingerprint density at radius 1 is 1.28 bits per heavy atom. The molecule has 1 atom stereocenters. The number of aliphatic hydroxyl groups excluding tert-OH is 1. The summed E-state index contributed by atoms with van der Waals surface area (Å²) in [6.07, 6.45) is 0. The van der Waals surface area contributed by atoms with Crippen molar-refractivity contribution in [2.75, 3.05) is 18.9 Å². The molecular formula is C22H23N5O2. The van der Waals surface area contributed by atoms with Crippen LogP contribution in [0.4, 0.5) is 5.69 Å². The van der Waals surface area contributed by atoms with Gasteiger partial charge in [0.1, 0.15) is 17.4 Å². The number of aliphatic hydroxyl groups is 1. The molecule has 0 radical (unpaired) electrons. The Balaban J connectivity index is 1.74. The molecule has 148 valence electrons. The highest BCUT2D eigenvalue weighted by atomic mass is 16.3. The van der Waals surface area contributed by atoms with E-state index in [-0.39, 0.29) is 23.8 Å². The minimum Gasteiger partial charge on any atom is -0.509 e. The zero-order chi connectivity index (χ0) is 21.0. The number of amides is 1. The number of hydrogen-bond acceptors (Lipinski definition) is 5. The molecule has 0 fully saturated rings. The average Bonchev–Trinajstić information content (AvgIpc) is 3.13. The number of benzene rings is 2. The van der Waals surface area contributed by atoms with Crippen molar-refractivity contribution in [3.05, 3.63) is 65.7 Å². The number of nitrogens with one attached hydrogen (secondary N) is 2. The minimum atomic E-state index is -0.554. The molecule has 1 amide bonds. The molecule has 0 aliphatic rings. The number of fused-ring (bicyclic) bond motifs is 1. The van der Waals surface area contributed by atoms with Crippen LogP contribution in [0.15, 0.2) is 54.3 Å². The number of carbonyl (C=O) groups excluding carboxylic acids is 1. The van der Waals surface area contributed by atoms with Crippen molar-refractivity contribution in [1.82, 2.24) is 14.9 Å². The fraction of sp³-hybridized carbons (Fsp3) is 0.227. The van der Waals surface area contributed by atoms with E-state index in [0.717, 1.165) is 11.1 Å². The summed E-state index contributed by atoms with van der Waals surface area (Å²) in [7, 11) is 1.71. The number of hydrogen-bond donors (Lipinski definition) is 3. The van der Waals surface area contributed by atoms with E-state index in [1.54, 1.807) is 18.9 Å². The third-order valence-corrected chi connectivity index (χ3v) is 4.78. The summed E-state index contributed by atoms with van der Waals surface area (Å²) in [5.74, 6) is -0.0500. The van der Waals surface area contributed by atoms with Crippen LogP contribution in [0.3, 0.4) is 0 Å². The molecule has 3 aromatic rings. The number of allylic oxidation sites excluding steroid dienone is 1. The highest BCUT2D eigenvalue weighted by molar-refractivity contribution is 5.92. The van der Waals surface area contributed by atoms with Crippen LogP contribution in [0.1, 0.15) is 18.3 Å². The second-order valence-corrected chi connectivity index (χ2v) is 6.98. The molecular weight excluding hydrogens is 366 g/mol. The second kappa shape index (κ2) is 8.59. The number of imidazole rings is 1. The first-order valence-electron chi connectivity index (χ1n) is 9.24. The molecule has 3 N–H and O–H groups in total. The molecule has 1 aromatic heterocycles. The summed E-state index contributed by atoms with van der Waals surface area (Å²) in [6.45, 7) is 3.76. The number of carbonyl (C=O) groups is 1. The summed E-state index contributed by atoms with van der Waals surface area (Å²) in [5.41, 5.74) is 3.36. The first-order valence-corrected chi connectivity index (χ1v) is 9.24. The Morgan fingerprint density at radius 3 is 2.62 bits per heavy atom. The van der Waals surface area contributed by atoms with Gasteiger partial charge in [-0.3, -0.25) is 9.69 Å². The number of likely N-dealkylation sites (N-methyl/N-ethyl adjacent to an activating group) is 1. The Kier molecular flexibility index (Phi) is 5.96. The van der Waals surface area contributed by atoms with E-state index in [2.05, 4.69) is 15.3 Å². The van der Waals surface area contributed by atoms with E-state index in [4.69, 9.17) is 0 Å². The van der Waals surface area contributed by atoms with Gasteiger partial charge in [0.2, 0.25) is 5.91 Å². The number of aromatic nitrogens is 2. The molecule has 7 nitrogen and oxygen atoms in total. The van der Waals surface area contributed by atoms with Gasteiger partial charge >= 0.3 is 0 Å². The van der Waals surface area contributed by atoms with Crippen molar-refractivity contribution >= 4 is 28.2 Å². The molecule has 29 heavy (non-hydrogen) atoms. The van der Waals surface area contributed by atoms with Gasteiger partial charge in [-0.2, -0.15) is 5.26 Å². The lowest BCUT2D eigenvalue weighted by Gasteiger charge is -2.24. The van der Waals surface area contributed by atoms with Crippen molar-refractivity contribution in [3.63, 3.8) is 0 Å². The topological polar surface area (TPSA) is 105 Å². The highest BCUT2D eigenvalue weighted by Gasteiger charge is 2.22. The third kappa shape index (κ3) is 4.62. The maximum atomic E-state index is 12.3. The molecule has 7 heteroatoms. The maximum Gasteiger partial charge on any atom is 0.238 e. The fourth-order valence-electron chi connectivity index (χ4n) is 2.92. The number of nitrogens with zero attached hydrogens (tertiary/aromatic N) is 3. The van der Waals surface area contributed by atoms with Crippen LogP contribution in [-0.4, -0.2) is 45.5 Å². The molecule has 0 aliphatic heterocycles. The SMILES string of the molecule is Cc1ccc(NC(=O)CN(C)[C@H](C)/C(O)=C(\C#N)c2nc3ccccc3[nH]2)cc1. The van der Waals surface area contributed by atoms with E-state index in [9.17, 15) is 15.2 Å². The van der Waals surface area contributed by atoms with E-state index in [1.165, 1.54) is 0 Å². The van der Waals surface area contributed by atoms with E-state index >= 15 is 0 Å². The molecule has 0 saturated carbocycles. The monoisotopic (exact) mass is 389 g/mol. The Bertz CT molecular complexity index is 1060. The molecule has 1 heterocycles. The molecule has 0 saturated heterocycles. The van der Waals surface area contributed by atoms with Gasteiger partial charge in [0.15, 0.2) is 5.82 Å². The van der Waals surface area contributed by atoms with E-state index in [1.807, 2.05) is 61.5 Å². The normalized spacial score (nSPS) is 13.1. The largest absolute Gasteiger partial charge is 0.509 e. The average molecular weight is 389 g/mol. The van der Waals surface area contributed by atoms with Crippen molar-refractivity contribution in [2.45, 2.75) is 19.9 Å². The van der Waals surface area contributed by atoms with Gasteiger partial charge in [-0.1, -0.05) is 29.8 Å². The Hall–Kier alpha value is -3.63. The zero-order valence-corrected chi connectivity index (χ0v) is 16.6. The van der Waals surface area contributed by atoms with Crippen molar-refractivity contribution in [3.8, 4) is 6.07 Å². The van der Waals surface area contributed by atoms with Gasteiger partial charge in [0.25, 0.3) is 0 Å². The summed E-state index contributed by atoms with van der Waals surface area (Å²) >= 11 is 0. The third-order valence-electron chi connectivity index (χ3n) is 4.78. The molecule has 0 aliphatic carbocycles. The van der Waals surface area contributed by atoms with Crippen LogP contribution in [0.2, 0.25) is 0 Å².